The fourth-order valence-electron chi connectivity index (χ4n) is 4.87. The molecule has 2 aromatic rings. The summed E-state index contributed by atoms with van der Waals surface area (Å²) in [4.78, 5) is 29.6. The smallest absolute Gasteiger partial charge is 0.410 e. The lowest BCUT2D eigenvalue weighted by atomic mass is 9.89. The van der Waals surface area contributed by atoms with E-state index in [9.17, 15) is 14.0 Å². The molecule has 10 heteroatoms. The molecule has 0 N–H and O–H groups in total. The Morgan fingerprint density at radius 3 is 2.21 bits per heavy atom. The summed E-state index contributed by atoms with van der Waals surface area (Å²) < 4.78 is 20.8. The van der Waals surface area contributed by atoms with Crippen LogP contribution in [0.15, 0.2) is 35.3 Å². The first-order chi connectivity index (χ1) is 17.7. The van der Waals surface area contributed by atoms with Crippen LogP contribution in [0.1, 0.15) is 79.7 Å². The van der Waals surface area contributed by atoms with Gasteiger partial charge in [0.2, 0.25) is 0 Å². The van der Waals surface area contributed by atoms with Gasteiger partial charge in [-0.25, -0.2) is 13.9 Å². The van der Waals surface area contributed by atoms with E-state index in [0.29, 0.717) is 19.5 Å². The van der Waals surface area contributed by atoms with Crippen molar-refractivity contribution >= 4 is 35.0 Å². The number of rotatable bonds is 7. The van der Waals surface area contributed by atoms with Crippen molar-refractivity contribution in [1.82, 2.24) is 14.7 Å². The predicted molar refractivity (Wildman–Crippen MR) is 151 cm³/mol. The second kappa shape index (κ2) is 12.2. The topological polar surface area (TPSA) is 67.7 Å². The van der Waals surface area contributed by atoms with E-state index in [1.165, 1.54) is 23.0 Å². The average Bonchev–Trinajstić information content (AvgIpc) is 2.82. The Morgan fingerprint density at radius 1 is 1.05 bits per heavy atom. The van der Waals surface area contributed by atoms with Gasteiger partial charge in [0.1, 0.15) is 16.4 Å². The highest BCUT2D eigenvalue weighted by atomic mass is 35.5. The fourth-order valence-corrected chi connectivity index (χ4v) is 5.13. The van der Waals surface area contributed by atoms with Crippen molar-refractivity contribution < 1.29 is 13.9 Å². The lowest BCUT2D eigenvalue weighted by Gasteiger charge is -2.40. The highest BCUT2D eigenvalue weighted by molar-refractivity contribution is 6.41. The van der Waals surface area contributed by atoms with Crippen LogP contribution in [0.25, 0.3) is 0 Å². The Hall–Kier alpha value is -2.32. The minimum absolute atomic E-state index is 0.00915. The molecule has 1 aliphatic carbocycles. The highest BCUT2D eigenvalue weighted by Crippen LogP contribution is 2.33. The van der Waals surface area contributed by atoms with E-state index in [-0.39, 0.29) is 39.6 Å². The van der Waals surface area contributed by atoms with Crippen molar-refractivity contribution in [3.63, 3.8) is 0 Å². The molecule has 1 saturated carbocycles. The summed E-state index contributed by atoms with van der Waals surface area (Å²) in [6, 6.07) is 6.65. The Kier molecular flexibility index (Phi) is 9.74. The van der Waals surface area contributed by atoms with Gasteiger partial charge in [-0.1, -0.05) is 23.2 Å². The summed E-state index contributed by atoms with van der Waals surface area (Å²) in [6.07, 6.45) is 4.93. The molecule has 210 valence electrons. The molecule has 38 heavy (non-hydrogen) atoms. The molecule has 0 unspecified atom stereocenters. The van der Waals surface area contributed by atoms with Crippen LogP contribution in [0.3, 0.4) is 0 Å². The molecule has 1 aromatic heterocycles. The molecule has 0 bridgehead atoms. The van der Waals surface area contributed by atoms with Crippen LogP contribution >= 0.6 is 23.2 Å². The van der Waals surface area contributed by atoms with E-state index in [0.717, 1.165) is 31.4 Å². The summed E-state index contributed by atoms with van der Waals surface area (Å²) in [5, 5.41) is 4.36. The number of halogens is 3. The van der Waals surface area contributed by atoms with Gasteiger partial charge in [0, 0.05) is 30.4 Å². The zero-order valence-electron chi connectivity index (χ0n) is 23.1. The number of nitrogens with zero attached hydrogens (tertiary/aromatic N) is 4. The van der Waals surface area contributed by atoms with E-state index in [4.69, 9.17) is 27.9 Å². The van der Waals surface area contributed by atoms with Crippen molar-refractivity contribution in [1.29, 1.82) is 0 Å². The first-order valence-corrected chi connectivity index (χ1v) is 13.9. The number of anilines is 1. The van der Waals surface area contributed by atoms with Crippen molar-refractivity contribution in [2.24, 2.45) is 0 Å². The summed E-state index contributed by atoms with van der Waals surface area (Å²) in [6.45, 7) is 12.8. The van der Waals surface area contributed by atoms with Gasteiger partial charge < -0.3 is 14.5 Å². The normalized spacial score (nSPS) is 18.2. The number of ether oxygens (including phenoxy) is 1. The molecule has 1 aromatic carbocycles. The van der Waals surface area contributed by atoms with Crippen molar-refractivity contribution in [2.75, 3.05) is 18.0 Å². The van der Waals surface area contributed by atoms with Crippen LogP contribution in [-0.4, -0.2) is 51.0 Å². The zero-order chi connectivity index (χ0) is 28.3. The minimum Gasteiger partial charge on any atom is -0.444 e. The molecule has 3 rings (SSSR count). The molecule has 1 heterocycles. The van der Waals surface area contributed by atoms with Gasteiger partial charge in [-0.2, -0.15) is 5.10 Å². The Balaban J connectivity index is 1.73. The second-order valence-electron chi connectivity index (χ2n) is 11.8. The SMILES string of the molecule is CC(C)(C)OC(=O)N(CCCN(c1ccc(F)cc1)C1CCC(n2ncc(Cl)c(Cl)c2=O)CC1)C(C)(C)C. The van der Waals surface area contributed by atoms with Crippen molar-refractivity contribution in [3.05, 3.63) is 56.7 Å². The number of carbonyl (C=O) groups is 1. The third kappa shape index (κ3) is 7.85. The molecule has 0 aliphatic heterocycles. The Labute approximate surface area is 234 Å². The third-order valence-electron chi connectivity index (χ3n) is 6.72. The summed E-state index contributed by atoms with van der Waals surface area (Å²) in [5.74, 6) is -0.286. The molecule has 1 aliphatic rings. The molecular weight excluding hydrogens is 530 g/mol. The largest absolute Gasteiger partial charge is 0.444 e. The van der Waals surface area contributed by atoms with Crippen LogP contribution in [-0.2, 0) is 4.74 Å². The van der Waals surface area contributed by atoms with Gasteiger partial charge in [0.05, 0.1) is 17.3 Å². The molecule has 0 radical (unpaired) electrons. The molecule has 0 spiro atoms. The number of benzene rings is 1. The van der Waals surface area contributed by atoms with E-state index in [1.54, 1.807) is 17.0 Å². The quantitative estimate of drug-likeness (QED) is 0.356. The van der Waals surface area contributed by atoms with E-state index in [2.05, 4.69) is 10.00 Å². The van der Waals surface area contributed by atoms with Gasteiger partial charge in [-0.15, -0.1) is 0 Å². The minimum atomic E-state index is -0.579. The van der Waals surface area contributed by atoms with Gasteiger partial charge >= 0.3 is 6.09 Å². The molecular formula is C28H39Cl2FN4O3. The van der Waals surface area contributed by atoms with Crippen LogP contribution in [0.4, 0.5) is 14.9 Å². The number of carbonyl (C=O) groups excluding carboxylic acids is 1. The molecule has 1 fully saturated rings. The maximum atomic E-state index is 13.7. The maximum absolute atomic E-state index is 13.7. The average molecular weight is 570 g/mol. The van der Waals surface area contributed by atoms with Gasteiger partial charge in [0.15, 0.2) is 0 Å². The number of hydrogen-bond acceptors (Lipinski definition) is 5. The monoisotopic (exact) mass is 568 g/mol. The van der Waals surface area contributed by atoms with E-state index in [1.807, 2.05) is 41.5 Å². The lowest BCUT2D eigenvalue weighted by molar-refractivity contribution is 0.00611. The first kappa shape index (κ1) is 30.2. The number of hydrogen-bond donors (Lipinski definition) is 0. The molecule has 0 atom stereocenters. The van der Waals surface area contributed by atoms with Crippen LogP contribution in [0, 0.1) is 5.82 Å². The second-order valence-corrected chi connectivity index (χ2v) is 12.6. The molecule has 1 amide bonds. The summed E-state index contributed by atoms with van der Waals surface area (Å²) in [7, 11) is 0. The third-order valence-corrected chi connectivity index (χ3v) is 7.47. The van der Waals surface area contributed by atoms with Crippen LogP contribution in [0.5, 0.6) is 0 Å². The summed E-state index contributed by atoms with van der Waals surface area (Å²) >= 11 is 12.0. The van der Waals surface area contributed by atoms with Crippen LogP contribution in [0.2, 0.25) is 10.0 Å². The van der Waals surface area contributed by atoms with E-state index < -0.39 is 11.1 Å². The Bertz CT molecular complexity index is 1150. The first-order valence-electron chi connectivity index (χ1n) is 13.1. The lowest BCUT2D eigenvalue weighted by Crippen LogP contribution is -2.49. The van der Waals surface area contributed by atoms with Crippen molar-refractivity contribution in [2.45, 2.75) is 96.9 Å². The standard InChI is InChI=1S/C28H39Cl2FN4O3/c1-27(2,3)34(26(37)38-28(4,5)6)17-7-16-33(20-10-8-19(31)9-11-20)21-12-14-22(15-13-21)35-25(36)24(30)23(29)18-32-35/h8-11,18,21-22H,7,12-17H2,1-6H3. The number of aromatic nitrogens is 2. The van der Waals surface area contributed by atoms with E-state index >= 15 is 0 Å². The molecule has 0 saturated heterocycles. The fraction of sp³-hybridized carbons (Fsp3) is 0.607. The van der Waals surface area contributed by atoms with Gasteiger partial charge in [0.25, 0.3) is 5.56 Å². The predicted octanol–water partition coefficient (Wildman–Crippen LogP) is 7.11. The highest BCUT2D eigenvalue weighted by Gasteiger charge is 2.32. The number of amides is 1. The van der Waals surface area contributed by atoms with Gasteiger partial charge in [-0.3, -0.25) is 4.79 Å². The maximum Gasteiger partial charge on any atom is 0.410 e. The zero-order valence-corrected chi connectivity index (χ0v) is 24.7. The summed E-state index contributed by atoms with van der Waals surface area (Å²) in [5.41, 5.74) is -0.423. The molecule has 7 nitrogen and oxygen atoms in total. The van der Waals surface area contributed by atoms with Gasteiger partial charge in [-0.05, 0) is 97.9 Å². The Morgan fingerprint density at radius 2 is 1.66 bits per heavy atom. The van der Waals surface area contributed by atoms with Crippen molar-refractivity contribution in [3.8, 4) is 0 Å². The van der Waals surface area contributed by atoms with Crippen LogP contribution < -0.4 is 10.5 Å².